The second-order valence-electron chi connectivity index (χ2n) is 4.89. The third-order valence-corrected chi connectivity index (χ3v) is 3.41. The highest BCUT2D eigenvalue weighted by Crippen LogP contribution is 2.13. The number of aryl methyl sites for hydroxylation is 2. The van der Waals surface area contributed by atoms with Gasteiger partial charge in [-0.2, -0.15) is 0 Å². The summed E-state index contributed by atoms with van der Waals surface area (Å²) in [5.41, 5.74) is 1.12. The summed E-state index contributed by atoms with van der Waals surface area (Å²) in [7, 11) is 1.79. The van der Waals surface area contributed by atoms with Crippen LogP contribution in [0.2, 0.25) is 5.02 Å². The summed E-state index contributed by atoms with van der Waals surface area (Å²) in [4.78, 5) is 13.7. The normalized spacial score (nSPS) is 10.6. The molecular formula is C16H18ClNO2. The molecule has 1 aromatic carbocycles. The number of hydrogen-bond acceptors (Lipinski definition) is 2. The maximum atomic E-state index is 12.1. The third-order valence-electron chi connectivity index (χ3n) is 3.16. The summed E-state index contributed by atoms with van der Waals surface area (Å²) < 4.78 is 5.47. The number of amides is 1. The van der Waals surface area contributed by atoms with Crippen LogP contribution < -0.4 is 0 Å². The lowest BCUT2D eigenvalue weighted by molar-refractivity contribution is -0.130. The molecule has 0 fully saturated rings. The number of furan rings is 1. The second kappa shape index (κ2) is 6.62. The smallest absolute Gasteiger partial charge is 0.223 e. The van der Waals surface area contributed by atoms with E-state index in [0.29, 0.717) is 18.0 Å². The van der Waals surface area contributed by atoms with Crippen LogP contribution in [0.25, 0.3) is 0 Å². The van der Waals surface area contributed by atoms with Gasteiger partial charge in [0.25, 0.3) is 0 Å². The van der Waals surface area contributed by atoms with Crippen LogP contribution in [0.5, 0.6) is 0 Å². The van der Waals surface area contributed by atoms with Crippen molar-refractivity contribution in [3.63, 3.8) is 0 Å². The molecule has 0 N–H and O–H groups in total. The Morgan fingerprint density at radius 1 is 1.20 bits per heavy atom. The van der Waals surface area contributed by atoms with Gasteiger partial charge in [-0.25, -0.2) is 0 Å². The Balaban J connectivity index is 1.83. The van der Waals surface area contributed by atoms with Crippen molar-refractivity contribution in [2.75, 3.05) is 7.05 Å². The first-order chi connectivity index (χ1) is 9.54. The minimum absolute atomic E-state index is 0.106. The van der Waals surface area contributed by atoms with E-state index in [-0.39, 0.29) is 5.91 Å². The topological polar surface area (TPSA) is 33.5 Å². The average Bonchev–Trinajstić information content (AvgIpc) is 2.83. The molecule has 1 amide bonds. The molecule has 1 aromatic heterocycles. The first kappa shape index (κ1) is 14.7. The van der Waals surface area contributed by atoms with Gasteiger partial charge in [-0.3, -0.25) is 4.79 Å². The van der Waals surface area contributed by atoms with Gasteiger partial charge >= 0.3 is 0 Å². The molecule has 3 nitrogen and oxygen atoms in total. The van der Waals surface area contributed by atoms with Crippen molar-refractivity contribution in [1.82, 2.24) is 4.90 Å². The molecule has 0 spiro atoms. The van der Waals surface area contributed by atoms with E-state index in [9.17, 15) is 4.79 Å². The van der Waals surface area contributed by atoms with E-state index in [0.717, 1.165) is 23.5 Å². The van der Waals surface area contributed by atoms with E-state index in [1.165, 1.54) is 0 Å². The molecule has 106 valence electrons. The van der Waals surface area contributed by atoms with Gasteiger partial charge in [0.05, 0.1) is 6.54 Å². The monoisotopic (exact) mass is 291 g/mol. The maximum absolute atomic E-state index is 12.1. The molecule has 0 unspecified atom stereocenters. The van der Waals surface area contributed by atoms with Crippen LogP contribution >= 0.6 is 11.6 Å². The van der Waals surface area contributed by atoms with Crippen molar-refractivity contribution in [1.29, 1.82) is 0 Å². The van der Waals surface area contributed by atoms with Gasteiger partial charge in [0.2, 0.25) is 5.91 Å². The number of nitrogens with zero attached hydrogens (tertiary/aromatic N) is 1. The number of carbonyl (C=O) groups excluding carboxylic acids is 1. The number of benzene rings is 1. The van der Waals surface area contributed by atoms with Crippen molar-refractivity contribution in [2.45, 2.75) is 26.3 Å². The molecular weight excluding hydrogens is 274 g/mol. The Morgan fingerprint density at radius 3 is 2.50 bits per heavy atom. The highest BCUT2D eigenvalue weighted by molar-refractivity contribution is 6.30. The molecule has 0 aliphatic rings. The molecule has 0 bridgehead atoms. The molecule has 0 aliphatic heterocycles. The molecule has 0 saturated heterocycles. The summed E-state index contributed by atoms with van der Waals surface area (Å²) in [5, 5.41) is 0.713. The van der Waals surface area contributed by atoms with Gasteiger partial charge in [0.1, 0.15) is 11.5 Å². The summed E-state index contributed by atoms with van der Waals surface area (Å²) in [6.45, 7) is 2.40. The molecule has 0 atom stereocenters. The third kappa shape index (κ3) is 4.14. The minimum Gasteiger partial charge on any atom is -0.464 e. The number of halogens is 1. The molecule has 2 rings (SSSR count). The largest absolute Gasteiger partial charge is 0.464 e. The number of rotatable bonds is 5. The first-order valence-electron chi connectivity index (χ1n) is 6.58. The predicted octanol–water partition coefficient (Wildman–Crippen LogP) is 3.83. The summed E-state index contributed by atoms with van der Waals surface area (Å²) >= 11 is 5.83. The van der Waals surface area contributed by atoms with E-state index >= 15 is 0 Å². The van der Waals surface area contributed by atoms with E-state index in [1.807, 2.05) is 43.3 Å². The van der Waals surface area contributed by atoms with Gasteiger partial charge in [0.15, 0.2) is 0 Å². The van der Waals surface area contributed by atoms with Crippen molar-refractivity contribution in [3.8, 4) is 0 Å². The standard InChI is InChI=1S/C16H18ClNO2/c1-12-3-9-15(20-12)11-18(2)16(19)10-6-13-4-7-14(17)8-5-13/h3-5,7-9H,6,10-11H2,1-2H3. The fourth-order valence-electron chi connectivity index (χ4n) is 1.99. The minimum atomic E-state index is 0.106. The van der Waals surface area contributed by atoms with Gasteiger partial charge in [-0.05, 0) is 43.2 Å². The van der Waals surface area contributed by atoms with Gasteiger partial charge < -0.3 is 9.32 Å². The van der Waals surface area contributed by atoms with Crippen LogP contribution in [-0.4, -0.2) is 17.9 Å². The highest BCUT2D eigenvalue weighted by Gasteiger charge is 2.11. The molecule has 20 heavy (non-hydrogen) atoms. The quantitative estimate of drug-likeness (QED) is 0.839. The zero-order chi connectivity index (χ0) is 14.5. The van der Waals surface area contributed by atoms with Crippen molar-refractivity contribution >= 4 is 17.5 Å². The van der Waals surface area contributed by atoms with Crippen molar-refractivity contribution in [2.24, 2.45) is 0 Å². The van der Waals surface area contributed by atoms with Crippen LogP contribution in [0.3, 0.4) is 0 Å². The maximum Gasteiger partial charge on any atom is 0.223 e. The molecule has 0 radical (unpaired) electrons. The van der Waals surface area contributed by atoms with Crippen LogP contribution in [0.15, 0.2) is 40.8 Å². The Morgan fingerprint density at radius 2 is 1.90 bits per heavy atom. The lowest BCUT2D eigenvalue weighted by Crippen LogP contribution is -2.26. The molecule has 1 heterocycles. The second-order valence-corrected chi connectivity index (χ2v) is 5.33. The molecule has 0 aliphatic carbocycles. The molecule has 0 saturated carbocycles. The summed E-state index contributed by atoms with van der Waals surface area (Å²) in [5.74, 6) is 1.78. The lowest BCUT2D eigenvalue weighted by atomic mass is 10.1. The highest BCUT2D eigenvalue weighted by atomic mass is 35.5. The fraction of sp³-hybridized carbons (Fsp3) is 0.312. The van der Waals surface area contributed by atoms with E-state index in [1.54, 1.807) is 11.9 Å². The Labute approximate surface area is 124 Å². The Kier molecular flexibility index (Phi) is 4.85. The SMILES string of the molecule is Cc1ccc(CN(C)C(=O)CCc2ccc(Cl)cc2)o1. The van der Waals surface area contributed by atoms with E-state index in [4.69, 9.17) is 16.0 Å². The number of carbonyl (C=O) groups is 1. The van der Waals surface area contributed by atoms with E-state index in [2.05, 4.69) is 0 Å². The van der Waals surface area contributed by atoms with Gasteiger partial charge in [-0.1, -0.05) is 23.7 Å². The van der Waals surface area contributed by atoms with Crippen LogP contribution in [0.1, 0.15) is 23.5 Å². The van der Waals surface area contributed by atoms with Crippen molar-refractivity contribution in [3.05, 3.63) is 58.5 Å². The van der Waals surface area contributed by atoms with Gasteiger partial charge in [0, 0.05) is 18.5 Å². The van der Waals surface area contributed by atoms with Gasteiger partial charge in [-0.15, -0.1) is 0 Å². The zero-order valence-corrected chi connectivity index (χ0v) is 12.5. The molecule has 4 heteroatoms. The molecule has 2 aromatic rings. The zero-order valence-electron chi connectivity index (χ0n) is 11.7. The predicted molar refractivity (Wildman–Crippen MR) is 79.7 cm³/mol. The Bertz CT molecular complexity index is 574. The van der Waals surface area contributed by atoms with Crippen LogP contribution in [-0.2, 0) is 17.8 Å². The van der Waals surface area contributed by atoms with E-state index < -0.39 is 0 Å². The Hall–Kier alpha value is -1.74. The average molecular weight is 292 g/mol. The fourth-order valence-corrected chi connectivity index (χ4v) is 2.11. The first-order valence-corrected chi connectivity index (χ1v) is 6.96. The summed E-state index contributed by atoms with van der Waals surface area (Å²) in [6.07, 6.45) is 1.20. The summed E-state index contributed by atoms with van der Waals surface area (Å²) in [6, 6.07) is 11.4. The van der Waals surface area contributed by atoms with Crippen LogP contribution in [0, 0.1) is 6.92 Å². The number of hydrogen-bond donors (Lipinski definition) is 0. The lowest BCUT2D eigenvalue weighted by Gasteiger charge is -2.15. The van der Waals surface area contributed by atoms with Crippen LogP contribution in [0.4, 0.5) is 0 Å². The van der Waals surface area contributed by atoms with Crippen molar-refractivity contribution < 1.29 is 9.21 Å².